The molecule has 0 radical (unpaired) electrons. The predicted molar refractivity (Wildman–Crippen MR) is 93.4 cm³/mol. The molecule has 0 aliphatic carbocycles. The largest absolute Gasteiger partial charge is 0.416 e. The quantitative estimate of drug-likeness (QED) is 0.484. The van der Waals surface area contributed by atoms with Crippen LogP contribution in [-0.2, 0) is 12.6 Å². The lowest BCUT2D eigenvalue weighted by Gasteiger charge is -2.06. The summed E-state index contributed by atoms with van der Waals surface area (Å²) in [6.07, 6.45) is -3.79. The number of alkyl halides is 3. The lowest BCUT2D eigenvalue weighted by Crippen LogP contribution is -2.04. The van der Waals surface area contributed by atoms with Gasteiger partial charge in [-0.05, 0) is 29.8 Å². The van der Waals surface area contributed by atoms with E-state index < -0.39 is 11.7 Å². The van der Waals surface area contributed by atoms with Crippen LogP contribution in [0.3, 0.4) is 0 Å². The minimum atomic E-state index is -4.37. The lowest BCUT2D eigenvalue weighted by molar-refractivity contribution is -0.137. The van der Waals surface area contributed by atoms with Gasteiger partial charge in [-0.1, -0.05) is 47.2 Å². The van der Waals surface area contributed by atoms with Crippen molar-refractivity contribution in [1.29, 1.82) is 0 Å². The summed E-state index contributed by atoms with van der Waals surface area (Å²) in [5.41, 5.74) is 0.825. The summed E-state index contributed by atoms with van der Waals surface area (Å²) in [5.74, 6) is 0.405. The first kappa shape index (κ1) is 17.0. The number of aromatic nitrogens is 4. The third-order valence-electron chi connectivity index (χ3n) is 3.75. The molecular weight excluding hydrogens is 385 g/mol. The highest BCUT2D eigenvalue weighted by Crippen LogP contribution is 2.31. The third kappa shape index (κ3) is 3.30. The highest BCUT2D eigenvalue weighted by Gasteiger charge is 2.30. The Bertz CT molecular complexity index is 1070. The van der Waals surface area contributed by atoms with E-state index in [0.717, 1.165) is 22.7 Å². The van der Waals surface area contributed by atoms with Crippen molar-refractivity contribution in [2.45, 2.75) is 12.6 Å². The normalized spacial score (nSPS) is 12.0. The van der Waals surface area contributed by atoms with Crippen LogP contribution in [0.25, 0.3) is 16.3 Å². The number of halogens is 4. The van der Waals surface area contributed by atoms with Crippen molar-refractivity contribution in [3.05, 3.63) is 69.7 Å². The molecule has 0 amide bonds. The topological polar surface area (TPSA) is 43.1 Å². The highest BCUT2D eigenvalue weighted by molar-refractivity contribution is 7.16. The van der Waals surface area contributed by atoms with Crippen molar-refractivity contribution >= 4 is 27.9 Å². The Morgan fingerprint density at radius 3 is 2.50 bits per heavy atom. The van der Waals surface area contributed by atoms with Gasteiger partial charge >= 0.3 is 6.18 Å². The minimum Gasteiger partial charge on any atom is -0.183 e. The molecule has 0 atom stereocenters. The van der Waals surface area contributed by atoms with E-state index in [1.54, 1.807) is 10.6 Å². The Labute approximate surface area is 154 Å². The van der Waals surface area contributed by atoms with Gasteiger partial charge in [-0.15, -0.1) is 10.2 Å². The molecular formula is C17H10ClF3N4S. The lowest BCUT2D eigenvalue weighted by atomic mass is 10.1. The van der Waals surface area contributed by atoms with E-state index in [9.17, 15) is 13.2 Å². The molecule has 4 nitrogen and oxygen atoms in total. The summed E-state index contributed by atoms with van der Waals surface area (Å²) < 4.78 is 39.7. The number of nitrogens with zero attached hydrogens (tertiary/aromatic N) is 4. The van der Waals surface area contributed by atoms with E-state index in [1.165, 1.54) is 23.5 Å². The smallest absolute Gasteiger partial charge is 0.183 e. The molecule has 0 fully saturated rings. The predicted octanol–water partition coefficient (Wildman–Crippen LogP) is 5.12. The first-order valence-electron chi connectivity index (χ1n) is 7.53. The Kier molecular flexibility index (Phi) is 4.16. The molecule has 0 aliphatic heterocycles. The summed E-state index contributed by atoms with van der Waals surface area (Å²) in [6, 6.07) is 12.3. The van der Waals surface area contributed by atoms with Crippen LogP contribution in [0.15, 0.2) is 48.5 Å². The van der Waals surface area contributed by atoms with E-state index >= 15 is 0 Å². The number of hydrogen-bond acceptors (Lipinski definition) is 4. The van der Waals surface area contributed by atoms with Gasteiger partial charge in [0.05, 0.1) is 5.56 Å². The molecule has 0 spiro atoms. The van der Waals surface area contributed by atoms with Crippen LogP contribution in [0.4, 0.5) is 13.2 Å². The molecule has 4 aromatic rings. The average molecular weight is 395 g/mol. The zero-order valence-electron chi connectivity index (χ0n) is 13.0. The minimum absolute atomic E-state index is 0.405. The number of hydrogen-bond donors (Lipinski definition) is 0. The zero-order valence-corrected chi connectivity index (χ0v) is 14.6. The second-order valence-corrected chi connectivity index (χ2v) is 7.07. The van der Waals surface area contributed by atoms with E-state index in [1.807, 2.05) is 18.2 Å². The summed E-state index contributed by atoms with van der Waals surface area (Å²) in [4.78, 5) is 0.580. The Balaban J connectivity index is 1.66. The molecule has 0 bridgehead atoms. The number of benzene rings is 2. The summed E-state index contributed by atoms with van der Waals surface area (Å²) in [5, 5.41) is 14.1. The third-order valence-corrected chi connectivity index (χ3v) is 4.88. The second kappa shape index (κ2) is 6.37. The molecule has 9 heteroatoms. The van der Waals surface area contributed by atoms with Crippen LogP contribution in [0.1, 0.15) is 16.1 Å². The van der Waals surface area contributed by atoms with E-state index in [2.05, 4.69) is 15.3 Å². The number of rotatable bonds is 3. The van der Waals surface area contributed by atoms with Gasteiger partial charge < -0.3 is 0 Å². The number of fused-ring (bicyclic) bond motifs is 1. The van der Waals surface area contributed by atoms with E-state index in [4.69, 9.17) is 11.6 Å². The average Bonchev–Trinajstić information content (AvgIpc) is 3.14. The molecule has 2 aromatic heterocycles. The monoisotopic (exact) mass is 394 g/mol. The summed E-state index contributed by atoms with van der Waals surface area (Å²) in [6.45, 7) is 0. The fraction of sp³-hybridized carbons (Fsp3) is 0.118. The van der Waals surface area contributed by atoms with Crippen LogP contribution in [0.2, 0.25) is 5.02 Å². The van der Waals surface area contributed by atoms with Gasteiger partial charge in [0.1, 0.15) is 5.01 Å². The Morgan fingerprint density at radius 2 is 1.81 bits per heavy atom. The Hall–Kier alpha value is -2.45. The van der Waals surface area contributed by atoms with Gasteiger partial charge in [0.15, 0.2) is 5.82 Å². The molecule has 0 unspecified atom stereocenters. The fourth-order valence-corrected chi connectivity index (χ4v) is 3.62. The van der Waals surface area contributed by atoms with Crippen molar-refractivity contribution in [2.24, 2.45) is 0 Å². The maximum absolute atomic E-state index is 12.7. The van der Waals surface area contributed by atoms with Crippen LogP contribution >= 0.6 is 22.9 Å². The molecule has 0 saturated carbocycles. The molecule has 132 valence electrons. The van der Waals surface area contributed by atoms with Gasteiger partial charge in [0.25, 0.3) is 0 Å². The van der Waals surface area contributed by atoms with Crippen molar-refractivity contribution in [3.63, 3.8) is 0 Å². The molecule has 0 N–H and O–H groups in total. The molecule has 2 aromatic carbocycles. The van der Waals surface area contributed by atoms with E-state index in [0.29, 0.717) is 27.8 Å². The van der Waals surface area contributed by atoms with Crippen LogP contribution in [0, 0.1) is 0 Å². The first-order chi connectivity index (χ1) is 12.4. The Morgan fingerprint density at radius 1 is 1.04 bits per heavy atom. The SMILES string of the molecule is FC(F)(F)c1ccc(-c2nnc3sc(Cc4cccc(Cl)c4)nn23)cc1. The van der Waals surface area contributed by atoms with Crippen molar-refractivity contribution in [1.82, 2.24) is 19.8 Å². The molecule has 0 saturated heterocycles. The standard InChI is InChI=1S/C17H10ClF3N4S/c18-13-3-1-2-10(8-13)9-14-24-25-15(22-23-16(25)26-14)11-4-6-12(7-5-11)17(19,20)21/h1-8H,9H2. The summed E-state index contributed by atoms with van der Waals surface area (Å²) in [7, 11) is 0. The van der Waals surface area contributed by atoms with Crippen LogP contribution in [-0.4, -0.2) is 19.8 Å². The fourth-order valence-electron chi connectivity index (χ4n) is 2.54. The van der Waals surface area contributed by atoms with Gasteiger partial charge in [-0.2, -0.15) is 22.8 Å². The first-order valence-corrected chi connectivity index (χ1v) is 8.73. The van der Waals surface area contributed by atoms with Crippen molar-refractivity contribution in [2.75, 3.05) is 0 Å². The van der Waals surface area contributed by atoms with Gasteiger partial charge in [-0.3, -0.25) is 0 Å². The van der Waals surface area contributed by atoms with Gasteiger partial charge in [0, 0.05) is 17.0 Å². The molecule has 2 heterocycles. The molecule has 0 aliphatic rings. The van der Waals surface area contributed by atoms with E-state index in [-0.39, 0.29) is 0 Å². The van der Waals surface area contributed by atoms with Crippen molar-refractivity contribution < 1.29 is 13.2 Å². The zero-order chi connectivity index (χ0) is 18.3. The summed E-state index contributed by atoms with van der Waals surface area (Å²) >= 11 is 7.37. The maximum Gasteiger partial charge on any atom is 0.416 e. The van der Waals surface area contributed by atoms with Gasteiger partial charge in [0.2, 0.25) is 4.96 Å². The van der Waals surface area contributed by atoms with Crippen LogP contribution in [0.5, 0.6) is 0 Å². The molecule has 26 heavy (non-hydrogen) atoms. The molecule has 4 rings (SSSR count). The van der Waals surface area contributed by atoms with Crippen molar-refractivity contribution in [3.8, 4) is 11.4 Å². The highest BCUT2D eigenvalue weighted by atomic mass is 35.5. The van der Waals surface area contributed by atoms with Crippen LogP contribution < -0.4 is 0 Å². The maximum atomic E-state index is 12.7. The van der Waals surface area contributed by atoms with Gasteiger partial charge in [-0.25, -0.2) is 0 Å². The second-order valence-electron chi connectivity index (χ2n) is 5.60.